The summed E-state index contributed by atoms with van der Waals surface area (Å²) in [6.45, 7) is 3.72. The van der Waals surface area contributed by atoms with E-state index in [1.807, 2.05) is 38.1 Å². The fraction of sp³-hybridized carbons (Fsp3) is 0.200. The van der Waals surface area contributed by atoms with Crippen molar-refractivity contribution in [2.75, 3.05) is 11.9 Å². The van der Waals surface area contributed by atoms with Crippen LogP contribution >= 0.6 is 33.9 Å². The highest BCUT2D eigenvalue weighted by molar-refractivity contribution is 14.1. The summed E-state index contributed by atoms with van der Waals surface area (Å²) in [7, 11) is 0. The summed E-state index contributed by atoms with van der Waals surface area (Å²) < 4.78 is 6.52. The van der Waals surface area contributed by atoms with E-state index in [0.717, 1.165) is 14.0 Å². The summed E-state index contributed by atoms with van der Waals surface area (Å²) in [5.41, 5.74) is 1.44. The topological polar surface area (TPSA) is 62.1 Å². The van der Waals surface area contributed by atoms with E-state index in [2.05, 4.69) is 34.0 Å². The minimum atomic E-state index is -0.272. The molecule has 0 saturated carbocycles. The van der Waals surface area contributed by atoms with Crippen molar-refractivity contribution in [3.8, 4) is 11.8 Å². The molecular formula is C15H13IN2O2S. The SMILES string of the molecule is Cc1sc(NC(=O)COc2ccc(I)cc2)c(C#N)c1C. The fourth-order valence-electron chi connectivity index (χ4n) is 1.69. The minimum absolute atomic E-state index is 0.0819. The zero-order chi connectivity index (χ0) is 15.4. The third kappa shape index (κ3) is 3.95. The second kappa shape index (κ2) is 6.91. The molecule has 1 amide bonds. The van der Waals surface area contributed by atoms with E-state index in [4.69, 9.17) is 10.00 Å². The Kier molecular flexibility index (Phi) is 5.20. The first kappa shape index (κ1) is 15.8. The second-order valence-corrected chi connectivity index (χ2v) is 6.86. The lowest BCUT2D eigenvalue weighted by atomic mass is 10.2. The van der Waals surface area contributed by atoms with E-state index in [9.17, 15) is 4.79 Å². The van der Waals surface area contributed by atoms with E-state index in [0.29, 0.717) is 16.3 Å². The highest BCUT2D eigenvalue weighted by Crippen LogP contribution is 2.31. The van der Waals surface area contributed by atoms with Crippen LogP contribution in [0.4, 0.5) is 5.00 Å². The van der Waals surface area contributed by atoms with Gasteiger partial charge in [-0.2, -0.15) is 5.26 Å². The number of carbonyl (C=O) groups excluding carboxylic acids is 1. The second-order valence-electron chi connectivity index (χ2n) is 4.39. The van der Waals surface area contributed by atoms with Crippen molar-refractivity contribution < 1.29 is 9.53 Å². The van der Waals surface area contributed by atoms with Crippen LogP contribution in [0.2, 0.25) is 0 Å². The van der Waals surface area contributed by atoms with Crippen LogP contribution in [0, 0.1) is 28.7 Å². The van der Waals surface area contributed by atoms with E-state index in [-0.39, 0.29) is 12.5 Å². The van der Waals surface area contributed by atoms with Gasteiger partial charge >= 0.3 is 0 Å². The van der Waals surface area contributed by atoms with Crippen molar-refractivity contribution in [2.24, 2.45) is 0 Å². The number of nitriles is 1. The van der Waals surface area contributed by atoms with Crippen LogP contribution in [0.25, 0.3) is 0 Å². The molecule has 1 aromatic carbocycles. The molecule has 2 rings (SSSR count). The number of nitrogens with zero attached hydrogens (tertiary/aromatic N) is 1. The average molecular weight is 412 g/mol. The number of nitrogens with one attached hydrogen (secondary N) is 1. The van der Waals surface area contributed by atoms with Crippen LogP contribution in [-0.2, 0) is 4.79 Å². The molecule has 0 aliphatic rings. The Morgan fingerprint density at radius 3 is 2.67 bits per heavy atom. The molecule has 0 unspecified atom stereocenters. The standard InChI is InChI=1S/C15H13IN2O2S/c1-9-10(2)21-15(13(9)7-17)18-14(19)8-20-12-5-3-11(16)4-6-12/h3-6H,8H2,1-2H3,(H,18,19). The smallest absolute Gasteiger partial charge is 0.262 e. The van der Waals surface area contributed by atoms with Crippen molar-refractivity contribution in [3.63, 3.8) is 0 Å². The molecular weight excluding hydrogens is 399 g/mol. The maximum Gasteiger partial charge on any atom is 0.262 e. The van der Waals surface area contributed by atoms with Crippen LogP contribution < -0.4 is 10.1 Å². The Morgan fingerprint density at radius 1 is 1.38 bits per heavy atom. The van der Waals surface area contributed by atoms with E-state index in [1.165, 1.54) is 11.3 Å². The molecule has 0 saturated heterocycles. The predicted octanol–water partition coefficient (Wildman–Crippen LogP) is 3.86. The molecule has 108 valence electrons. The largest absolute Gasteiger partial charge is 0.484 e. The first-order valence-electron chi connectivity index (χ1n) is 6.19. The Bertz CT molecular complexity index is 702. The van der Waals surface area contributed by atoms with Gasteiger partial charge in [-0.15, -0.1) is 11.3 Å². The van der Waals surface area contributed by atoms with Crippen molar-refractivity contribution in [2.45, 2.75) is 13.8 Å². The quantitative estimate of drug-likeness (QED) is 0.776. The van der Waals surface area contributed by atoms with E-state index < -0.39 is 0 Å². The Hall–Kier alpha value is -1.59. The van der Waals surface area contributed by atoms with Gasteiger partial charge in [-0.3, -0.25) is 4.79 Å². The van der Waals surface area contributed by atoms with Gasteiger partial charge in [-0.05, 0) is 66.3 Å². The summed E-state index contributed by atoms with van der Waals surface area (Å²) in [5, 5.41) is 12.5. The number of halogens is 1. The molecule has 6 heteroatoms. The molecule has 2 aromatic rings. The molecule has 0 atom stereocenters. The van der Waals surface area contributed by atoms with Crippen molar-refractivity contribution in [3.05, 3.63) is 43.8 Å². The molecule has 0 aliphatic carbocycles. The molecule has 0 radical (unpaired) electrons. The van der Waals surface area contributed by atoms with Crippen LogP contribution in [-0.4, -0.2) is 12.5 Å². The zero-order valence-electron chi connectivity index (χ0n) is 11.6. The van der Waals surface area contributed by atoms with Gasteiger partial charge in [-0.1, -0.05) is 0 Å². The maximum absolute atomic E-state index is 11.9. The first-order valence-corrected chi connectivity index (χ1v) is 8.09. The normalized spacial score (nSPS) is 10.0. The van der Waals surface area contributed by atoms with Crippen molar-refractivity contribution in [1.29, 1.82) is 5.26 Å². The van der Waals surface area contributed by atoms with Gasteiger partial charge in [0.2, 0.25) is 0 Å². The monoisotopic (exact) mass is 412 g/mol. The fourth-order valence-corrected chi connectivity index (χ4v) is 3.08. The average Bonchev–Trinajstić information content (AvgIpc) is 2.72. The highest BCUT2D eigenvalue weighted by Gasteiger charge is 2.14. The third-order valence-corrected chi connectivity index (χ3v) is 4.78. The number of thiophene rings is 1. The third-order valence-electron chi connectivity index (χ3n) is 2.93. The Balaban J connectivity index is 1.98. The Morgan fingerprint density at radius 2 is 2.05 bits per heavy atom. The number of hydrogen-bond acceptors (Lipinski definition) is 4. The van der Waals surface area contributed by atoms with Gasteiger partial charge < -0.3 is 10.1 Å². The molecule has 0 fully saturated rings. The number of carbonyl (C=O) groups is 1. The van der Waals surface area contributed by atoms with Crippen LogP contribution in [0.1, 0.15) is 16.0 Å². The summed E-state index contributed by atoms with van der Waals surface area (Å²) in [4.78, 5) is 12.9. The molecule has 0 spiro atoms. The molecule has 0 bridgehead atoms. The number of hydrogen-bond donors (Lipinski definition) is 1. The number of ether oxygens (including phenoxy) is 1. The lowest BCUT2D eigenvalue weighted by molar-refractivity contribution is -0.118. The molecule has 1 aromatic heterocycles. The molecule has 0 aliphatic heterocycles. The summed E-state index contributed by atoms with van der Waals surface area (Å²) in [6.07, 6.45) is 0. The van der Waals surface area contributed by atoms with Crippen LogP contribution in [0.15, 0.2) is 24.3 Å². The van der Waals surface area contributed by atoms with Crippen LogP contribution in [0.3, 0.4) is 0 Å². The number of rotatable bonds is 4. The van der Waals surface area contributed by atoms with Gasteiger partial charge in [-0.25, -0.2) is 0 Å². The van der Waals surface area contributed by atoms with Gasteiger partial charge in [0.25, 0.3) is 5.91 Å². The first-order chi connectivity index (χ1) is 10.0. The highest BCUT2D eigenvalue weighted by atomic mass is 127. The zero-order valence-corrected chi connectivity index (χ0v) is 14.5. The summed E-state index contributed by atoms with van der Waals surface area (Å²) in [6, 6.07) is 9.57. The molecule has 1 N–H and O–H groups in total. The predicted molar refractivity (Wildman–Crippen MR) is 91.8 cm³/mol. The lowest BCUT2D eigenvalue weighted by Gasteiger charge is -2.06. The minimum Gasteiger partial charge on any atom is -0.484 e. The number of anilines is 1. The van der Waals surface area contributed by atoms with Gasteiger partial charge in [0.1, 0.15) is 16.8 Å². The summed E-state index contributed by atoms with van der Waals surface area (Å²) in [5.74, 6) is 0.371. The van der Waals surface area contributed by atoms with Gasteiger partial charge in [0, 0.05) is 8.45 Å². The van der Waals surface area contributed by atoms with Crippen molar-refractivity contribution >= 4 is 44.8 Å². The number of benzene rings is 1. The van der Waals surface area contributed by atoms with E-state index >= 15 is 0 Å². The maximum atomic E-state index is 11.9. The van der Waals surface area contributed by atoms with E-state index in [1.54, 1.807) is 0 Å². The molecule has 21 heavy (non-hydrogen) atoms. The van der Waals surface area contributed by atoms with Gasteiger partial charge in [0.05, 0.1) is 5.56 Å². The summed E-state index contributed by atoms with van der Waals surface area (Å²) >= 11 is 3.61. The van der Waals surface area contributed by atoms with Crippen LogP contribution in [0.5, 0.6) is 5.75 Å². The number of aryl methyl sites for hydroxylation is 1. The molecule has 1 heterocycles. The lowest BCUT2D eigenvalue weighted by Crippen LogP contribution is -2.20. The van der Waals surface area contributed by atoms with Crippen molar-refractivity contribution in [1.82, 2.24) is 0 Å². The number of amides is 1. The molecule has 4 nitrogen and oxygen atoms in total. The van der Waals surface area contributed by atoms with Gasteiger partial charge in [0.15, 0.2) is 6.61 Å². The Labute approximate surface area is 140 Å².